The van der Waals surface area contributed by atoms with Gasteiger partial charge in [0.2, 0.25) is 5.91 Å². The van der Waals surface area contributed by atoms with Gasteiger partial charge in [-0.1, -0.05) is 6.92 Å². The van der Waals surface area contributed by atoms with E-state index in [1.165, 1.54) is 0 Å². The lowest BCUT2D eigenvalue weighted by molar-refractivity contribution is -0.128. The van der Waals surface area contributed by atoms with Gasteiger partial charge in [0.1, 0.15) is 0 Å². The van der Waals surface area contributed by atoms with Crippen molar-refractivity contribution in [1.29, 1.82) is 0 Å². The van der Waals surface area contributed by atoms with E-state index in [-0.39, 0.29) is 17.9 Å². The molecule has 0 aromatic carbocycles. The summed E-state index contributed by atoms with van der Waals surface area (Å²) in [5, 5.41) is 12.8. The lowest BCUT2D eigenvalue weighted by Crippen LogP contribution is -2.37. The summed E-state index contributed by atoms with van der Waals surface area (Å²) in [5.74, 6) is -0.260. The molecule has 1 fully saturated rings. The molecule has 4 heteroatoms. The SMILES string of the molecule is CCC(NC(=O)C1CCCC1O)c1ccncc1. The Balaban J connectivity index is 2.00. The Kier molecular flexibility index (Phi) is 4.31. The summed E-state index contributed by atoms with van der Waals surface area (Å²) in [7, 11) is 0. The minimum atomic E-state index is -0.472. The minimum absolute atomic E-state index is 0.00769. The van der Waals surface area contributed by atoms with Crippen LogP contribution in [0.2, 0.25) is 0 Å². The van der Waals surface area contributed by atoms with E-state index >= 15 is 0 Å². The van der Waals surface area contributed by atoms with E-state index < -0.39 is 6.10 Å². The Bertz CT molecular complexity index is 394. The highest BCUT2D eigenvalue weighted by atomic mass is 16.3. The van der Waals surface area contributed by atoms with Gasteiger partial charge in [-0.2, -0.15) is 0 Å². The van der Waals surface area contributed by atoms with Crippen molar-refractivity contribution in [1.82, 2.24) is 10.3 Å². The van der Waals surface area contributed by atoms with Crippen LogP contribution in [0.3, 0.4) is 0 Å². The van der Waals surface area contributed by atoms with Crippen LogP contribution in [0.25, 0.3) is 0 Å². The molecule has 1 aliphatic carbocycles. The van der Waals surface area contributed by atoms with Crippen molar-refractivity contribution in [2.45, 2.75) is 44.8 Å². The third-order valence-corrected chi connectivity index (χ3v) is 3.65. The molecule has 2 rings (SSSR count). The minimum Gasteiger partial charge on any atom is -0.392 e. The summed E-state index contributed by atoms with van der Waals surface area (Å²) in [5.41, 5.74) is 1.06. The molecule has 3 atom stereocenters. The van der Waals surface area contributed by atoms with E-state index in [1.54, 1.807) is 12.4 Å². The third-order valence-electron chi connectivity index (χ3n) is 3.65. The second-order valence-electron chi connectivity index (χ2n) is 4.85. The van der Waals surface area contributed by atoms with Gasteiger partial charge >= 0.3 is 0 Å². The van der Waals surface area contributed by atoms with Gasteiger partial charge in [0.05, 0.1) is 18.1 Å². The summed E-state index contributed by atoms with van der Waals surface area (Å²) < 4.78 is 0. The van der Waals surface area contributed by atoms with E-state index in [4.69, 9.17) is 0 Å². The van der Waals surface area contributed by atoms with Crippen molar-refractivity contribution in [2.24, 2.45) is 5.92 Å². The number of aliphatic hydroxyl groups is 1. The quantitative estimate of drug-likeness (QED) is 0.854. The number of hydrogen-bond donors (Lipinski definition) is 2. The number of pyridine rings is 1. The maximum atomic E-state index is 12.1. The fourth-order valence-corrected chi connectivity index (χ4v) is 2.54. The molecule has 1 aliphatic rings. The standard InChI is InChI=1S/C14H20N2O2/c1-2-12(10-6-8-15-9-7-10)16-14(18)11-4-3-5-13(11)17/h6-9,11-13,17H,2-5H2,1H3,(H,16,18). The largest absolute Gasteiger partial charge is 0.392 e. The first-order valence-corrected chi connectivity index (χ1v) is 6.60. The number of nitrogens with zero attached hydrogens (tertiary/aromatic N) is 1. The maximum Gasteiger partial charge on any atom is 0.226 e. The molecular formula is C14H20N2O2. The Morgan fingerprint density at radius 3 is 2.78 bits per heavy atom. The molecular weight excluding hydrogens is 228 g/mol. The third kappa shape index (κ3) is 2.88. The Hall–Kier alpha value is -1.42. The maximum absolute atomic E-state index is 12.1. The zero-order chi connectivity index (χ0) is 13.0. The fourth-order valence-electron chi connectivity index (χ4n) is 2.54. The van der Waals surface area contributed by atoms with Crippen LogP contribution in [0, 0.1) is 5.92 Å². The van der Waals surface area contributed by atoms with Crippen molar-refractivity contribution < 1.29 is 9.90 Å². The number of aliphatic hydroxyl groups excluding tert-OH is 1. The van der Waals surface area contributed by atoms with E-state index in [1.807, 2.05) is 19.1 Å². The second kappa shape index (κ2) is 5.96. The topological polar surface area (TPSA) is 62.2 Å². The molecule has 0 radical (unpaired) electrons. The average Bonchev–Trinajstić information content (AvgIpc) is 2.83. The molecule has 18 heavy (non-hydrogen) atoms. The molecule has 3 unspecified atom stereocenters. The molecule has 1 amide bonds. The monoisotopic (exact) mass is 248 g/mol. The predicted octanol–water partition coefficient (Wildman–Crippen LogP) is 1.81. The molecule has 98 valence electrons. The number of nitrogens with one attached hydrogen (secondary N) is 1. The highest BCUT2D eigenvalue weighted by molar-refractivity contribution is 5.80. The highest BCUT2D eigenvalue weighted by Gasteiger charge is 2.32. The Labute approximate surface area is 107 Å². The number of carbonyl (C=O) groups is 1. The normalized spacial score (nSPS) is 24.8. The lowest BCUT2D eigenvalue weighted by atomic mass is 10.0. The smallest absolute Gasteiger partial charge is 0.226 e. The van der Waals surface area contributed by atoms with Crippen LogP contribution < -0.4 is 5.32 Å². The van der Waals surface area contributed by atoms with Crippen LogP contribution in [-0.4, -0.2) is 22.1 Å². The molecule has 0 spiro atoms. The first-order chi connectivity index (χ1) is 8.72. The van der Waals surface area contributed by atoms with Gasteiger partial charge in [0.25, 0.3) is 0 Å². The van der Waals surface area contributed by atoms with Crippen LogP contribution in [0.4, 0.5) is 0 Å². The molecule has 0 bridgehead atoms. The second-order valence-corrected chi connectivity index (χ2v) is 4.85. The van der Waals surface area contributed by atoms with Crippen molar-refractivity contribution in [3.05, 3.63) is 30.1 Å². The van der Waals surface area contributed by atoms with Crippen molar-refractivity contribution in [2.75, 3.05) is 0 Å². The van der Waals surface area contributed by atoms with Crippen LogP contribution in [0.1, 0.15) is 44.2 Å². The fraction of sp³-hybridized carbons (Fsp3) is 0.571. The first-order valence-electron chi connectivity index (χ1n) is 6.60. The predicted molar refractivity (Wildman–Crippen MR) is 68.8 cm³/mol. The molecule has 0 aliphatic heterocycles. The van der Waals surface area contributed by atoms with Gasteiger partial charge in [-0.25, -0.2) is 0 Å². The van der Waals surface area contributed by atoms with Crippen molar-refractivity contribution in [3.63, 3.8) is 0 Å². The summed E-state index contributed by atoms with van der Waals surface area (Å²) in [4.78, 5) is 16.1. The van der Waals surface area contributed by atoms with Crippen LogP contribution >= 0.6 is 0 Å². The number of carbonyl (C=O) groups excluding carboxylic acids is 1. The van der Waals surface area contributed by atoms with E-state index in [0.29, 0.717) is 0 Å². The number of aromatic nitrogens is 1. The molecule has 1 saturated carbocycles. The van der Waals surface area contributed by atoms with E-state index in [9.17, 15) is 9.90 Å². The van der Waals surface area contributed by atoms with E-state index in [0.717, 1.165) is 31.2 Å². The zero-order valence-electron chi connectivity index (χ0n) is 10.7. The first kappa shape index (κ1) is 13.0. The highest BCUT2D eigenvalue weighted by Crippen LogP contribution is 2.27. The molecule has 4 nitrogen and oxygen atoms in total. The van der Waals surface area contributed by atoms with Crippen LogP contribution in [0.15, 0.2) is 24.5 Å². The molecule has 0 saturated heterocycles. The number of hydrogen-bond acceptors (Lipinski definition) is 3. The summed E-state index contributed by atoms with van der Waals surface area (Å²) in [6, 6.07) is 3.84. The summed E-state index contributed by atoms with van der Waals surface area (Å²) >= 11 is 0. The van der Waals surface area contributed by atoms with Gasteiger partial charge < -0.3 is 10.4 Å². The molecule has 1 aromatic heterocycles. The molecule has 1 heterocycles. The number of amides is 1. The average molecular weight is 248 g/mol. The van der Waals surface area contributed by atoms with Gasteiger partial charge in [-0.3, -0.25) is 9.78 Å². The van der Waals surface area contributed by atoms with Gasteiger partial charge in [-0.05, 0) is 43.4 Å². The number of rotatable bonds is 4. The zero-order valence-corrected chi connectivity index (χ0v) is 10.7. The lowest BCUT2D eigenvalue weighted by Gasteiger charge is -2.21. The van der Waals surface area contributed by atoms with Crippen molar-refractivity contribution in [3.8, 4) is 0 Å². The Morgan fingerprint density at radius 2 is 2.22 bits per heavy atom. The van der Waals surface area contributed by atoms with Crippen LogP contribution in [-0.2, 0) is 4.79 Å². The molecule has 1 aromatic rings. The van der Waals surface area contributed by atoms with Gasteiger partial charge in [0, 0.05) is 12.4 Å². The van der Waals surface area contributed by atoms with Crippen molar-refractivity contribution >= 4 is 5.91 Å². The van der Waals surface area contributed by atoms with E-state index in [2.05, 4.69) is 10.3 Å². The summed E-state index contributed by atoms with van der Waals surface area (Å²) in [6.45, 7) is 2.04. The molecule has 2 N–H and O–H groups in total. The van der Waals surface area contributed by atoms with Gasteiger partial charge in [0.15, 0.2) is 0 Å². The summed E-state index contributed by atoms with van der Waals surface area (Å²) in [6.07, 6.45) is 6.29. The Morgan fingerprint density at radius 1 is 1.50 bits per heavy atom. The van der Waals surface area contributed by atoms with Crippen LogP contribution in [0.5, 0.6) is 0 Å². The van der Waals surface area contributed by atoms with Gasteiger partial charge in [-0.15, -0.1) is 0 Å².